The smallest absolute Gasteiger partial charge is 0.196 e. The molecule has 0 amide bonds. The van der Waals surface area contributed by atoms with Crippen LogP contribution in [0.3, 0.4) is 0 Å². The van der Waals surface area contributed by atoms with Gasteiger partial charge in [-0.15, -0.1) is 0 Å². The molecule has 5 aromatic rings. The van der Waals surface area contributed by atoms with E-state index in [1.807, 2.05) is 42.5 Å². The summed E-state index contributed by atoms with van der Waals surface area (Å²) < 4.78 is 5.91. The van der Waals surface area contributed by atoms with Crippen molar-refractivity contribution < 1.29 is 9.21 Å². The van der Waals surface area contributed by atoms with E-state index in [-0.39, 0.29) is 12.2 Å². The number of hydrogen-bond donors (Lipinski definition) is 1. The Morgan fingerprint density at radius 1 is 0.897 bits per heavy atom. The first-order chi connectivity index (χ1) is 14.3. The molecule has 7 nitrogen and oxygen atoms in total. The van der Waals surface area contributed by atoms with E-state index >= 15 is 0 Å². The van der Waals surface area contributed by atoms with E-state index in [2.05, 4.69) is 25.3 Å². The minimum absolute atomic E-state index is 0.0221. The fourth-order valence-electron chi connectivity index (χ4n) is 3.13. The summed E-state index contributed by atoms with van der Waals surface area (Å²) >= 11 is 0. The van der Waals surface area contributed by atoms with Gasteiger partial charge in [-0.05, 0) is 12.1 Å². The Morgan fingerprint density at radius 3 is 2.48 bits per heavy atom. The van der Waals surface area contributed by atoms with Crippen molar-refractivity contribution in [2.24, 2.45) is 0 Å². The van der Waals surface area contributed by atoms with Crippen molar-refractivity contribution >= 4 is 39.4 Å². The zero-order valence-electron chi connectivity index (χ0n) is 15.2. The summed E-state index contributed by atoms with van der Waals surface area (Å²) in [7, 11) is 0. The lowest BCUT2D eigenvalue weighted by atomic mass is 10.1. The van der Waals surface area contributed by atoms with E-state index in [0.717, 1.165) is 16.5 Å². The van der Waals surface area contributed by atoms with E-state index in [1.165, 1.54) is 6.33 Å². The number of nitrogens with zero attached hydrogens (tertiary/aromatic N) is 4. The molecule has 3 heterocycles. The third-order valence-corrected chi connectivity index (χ3v) is 4.54. The van der Waals surface area contributed by atoms with Gasteiger partial charge in [-0.1, -0.05) is 42.5 Å². The molecule has 0 saturated heterocycles. The molecule has 5 rings (SSSR count). The van der Waals surface area contributed by atoms with Crippen LogP contribution in [0.15, 0.2) is 77.7 Å². The van der Waals surface area contributed by atoms with Crippen LogP contribution in [0, 0.1) is 0 Å². The van der Waals surface area contributed by atoms with Crippen LogP contribution in [0.5, 0.6) is 0 Å². The lowest BCUT2D eigenvalue weighted by molar-refractivity contribution is 0.0991. The van der Waals surface area contributed by atoms with E-state index in [4.69, 9.17) is 4.42 Å². The van der Waals surface area contributed by atoms with E-state index in [1.54, 1.807) is 24.5 Å². The highest BCUT2D eigenvalue weighted by molar-refractivity contribution is 6.05. The molecule has 2 aromatic carbocycles. The third-order valence-electron chi connectivity index (χ3n) is 4.54. The first-order valence-electron chi connectivity index (χ1n) is 9.06. The van der Waals surface area contributed by atoms with Gasteiger partial charge in [0.1, 0.15) is 23.3 Å². The predicted octanol–water partition coefficient (Wildman–Crippen LogP) is 4.34. The maximum absolute atomic E-state index is 12.3. The Balaban J connectivity index is 1.38. The van der Waals surface area contributed by atoms with Gasteiger partial charge in [0.05, 0.1) is 24.5 Å². The minimum atomic E-state index is -0.0221. The molecule has 0 radical (unpaired) electrons. The summed E-state index contributed by atoms with van der Waals surface area (Å²) in [5.74, 6) is 0.968. The predicted molar refractivity (Wildman–Crippen MR) is 109 cm³/mol. The highest BCUT2D eigenvalue weighted by Crippen LogP contribution is 2.31. The SMILES string of the molecule is O=C(Cc1ncc(Nc2ncnc3c2oc2ccccc23)cn1)c1ccccc1. The van der Waals surface area contributed by atoms with Gasteiger partial charge in [0.15, 0.2) is 17.2 Å². The summed E-state index contributed by atoms with van der Waals surface area (Å²) in [6.07, 6.45) is 4.88. The Hall–Kier alpha value is -4.13. The van der Waals surface area contributed by atoms with Crippen molar-refractivity contribution in [2.75, 3.05) is 5.32 Å². The molecule has 0 aliphatic heterocycles. The summed E-state index contributed by atoms with van der Waals surface area (Å²) in [4.78, 5) is 29.5. The van der Waals surface area contributed by atoms with Crippen molar-refractivity contribution in [1.29, 1.82) is 0 Å². The second-order valence-corrected chi connectivity index (χ2v) is 6.48. The lowest BCUT2D eigenvalue weighted by Crippen LogP contribution is -2.07. The van der Waals surface area contributed by atoms with Crippen LogP contribution in [-0.4, -0.2) is 25.7 Å². The van der Waals surface area contributed by atoms with Crippen LogP contribution in [0.25, 0.3) is 22.1 Å². The molecule has 7 heteroatoms. The van der Waals surface area contributed by atoms with Crippen molar-refractivity contribution in [3.05, 3.63) is 84.7 Å². The molecular weight excluding hydrogens is 366 g/mol. The van der Waals surface area contributed by atoms with Crippen LogP contribution in [0.1, 0.15) is 16.2 Å². The van der Waals surface area contributed by atoms with Gasteiger partial charge in [-0.2, -0.15) is 0 Å². The molecule has 0 unspecified atom stereocenters. The van der Waals surface area contributed by atoms with Crippen LogP contribution in [0.2, 0.25) is 0 Å². The van der Waals surface area contributed by atoms with Gasteiger partial charge < -0.3 is 9.73 Å². The number of fused-ring (bicyclic) bond motifs is 3. The van der Waals surface area contributed by atoms with E-state index in [9.17, 15) is 4.79 Å². The van der Waals surface area contributed by atoms with Gasteiger partial charge >= 0.3 is 0 Å². The van der Waals surface area contributed by atoms with Crippen molar-refractivity contribution in [3.63, 3.8) is 0 Å². The number of benzene rings is 2. The number of furan rings is 1. The molecule has 140 valence electrons. The van der Waals surface area contributed by atoms with Gasteiger partial charge in [-0.3, -0.25) is 4.79 Å². The number of carbonyl (C=O) groups is 1. The second kappa shape index (κ2) is 7.12. The highest BCUT2D eigenvalue weighted by Gasteiger charge is 2.13. The van der Waals surface area contributed by atoms with E-state index < -0.39 is 0 Å². The Bertz CT molecular complexity index is 1310. The Labute approximate surface area is 165 Å². The van der Waals surface area contributed by atoms with Crippen LogP contribution in [0.4, 0.5) is 11.5 Å². The first kappa shape index (κ1) is 17.0. The second-order valence-electron chi connectivity index (χ2n) is 6.48. The fourth-order valence-corrected chi connectivity index (χ4v) is 3.13. The van der Waals surface area contributed by atoms with Crippen LogP contribution >= 0.6 is 0 Å². The molecular formula is C22H15N5O2. The molecule has 0 aliphatic carbocycles. The number of rotatable bonds is 5. The molecule has 0 bridgehead atoms. The number of para-hydroxylation sites is 1. The molecule has 0 atom stereocenters. The summed E-state index contributed by atoms with van der Waals surface area (Å²) in [6, 6.07) is 16.8. The molecule has 0 fully saturated rings. The normalized spacial score (nSPS) is 11.0. The topological polar surface area (TPSA) is 93.8 Å². The van der Waals surface area contributed by atoms with Gasteiger partial charge in [0, 0.05) is 10.9 Å². The number of Topliss-reactive ketones (excluding diaryl/α,β-unsaturated/α-hetero) is 1. The summed E-state index contributed by atoms with van der Waals surface area (Å²) in [6.45, 7) is 0. The Kier molecular flexibility index (Phi) is 4.18. The minimum Gasteiger partial charge on any atom is -0.450 e. The quantitative estimate of drug-likeness (QED) is 0.453. The van der Waals surface area contributed by atoms with Gasteiger partial charge in [0.2, 0.25) is 0 Å². The molecule has 1 N–H and O–H groups in total. The number of nitrogens with one attached hydrogen (secondary N) is 1. The van der Waals surface area contributed by atoms with Crippen LogP contribution < -0.4 is 5.32 Å². The number of hydrogen-bond acceptors (Lipinski definition) is 7. The van der Waals surface area contributed by atoms with E-state index in [0.29, 0.717) is 28.5 Å². The van der Waals surface area contributed by atoms with Crippen molar-refractivity contribution in [3.8, 4) is 0 Å². The summed E-state index contributed by atoms with van der Waals surface area (Å²) in [5, 5.41) is 4.09. The van der Waals surface area contributed by atoms with Gasteiger partial charge in [0.25, 0.3) is 0 Å². The molecule has 29 heavy (non-hydrogen) atoms. The molecule has 0 aliphatic rings. The standard InChI is InChI=1S/C22H15N5O2/c28-17(14-6-2-1-3-7-14)10-19-23-11-15(12-24-19)27-22-21-20(25-13-26-22)16-8-4-5-9-18(16)29-21/h1-9,11-13H,10H2,(H,25,26,27). The molecule has 0 spiro atoms. The first-order valence-corrected chi connectivity index (χ1v) is 9.06. The lowest BCUT2D eigenvalue weighted by Gasteiger charge is -2.06. The summed E-state index contributed by atoms with van der Waals surface area (Å²) in [5.41, 5.74) is 3.34. The number of anilines is 2. The molecule has 3 aromatic heterocycles. The zero-order valence-corrected chi connectivity index (χ0v) is 15.2. The zero-order chi connectivity index (χ0) is 19.6. The fraction of sp³-hybridized carbons (Fsp3) is 0.0455. The largest absolute Gasteiger partial charge is 0.450 e. The number of ketones is 1. The monoisotopic (exact) mass is 381 g/mol. The maximum atomic E-state index is 12.3. The highest BCUT2D eigenvalue weighted by atomic mass is 16.3. The average molecular weight is 381 g/mol. The third kappa shape index (κ3) is 3.29. The van der Waals surface area contributed by atoms with Crippen molar-refractivity contribution in [1.82, 2.24) is 19.9 Å². The van der Waals surface area contributed by atoms with Crippen LogP contribution in [-0.2, 0) is 6.42 Å². The van der Waals surface area contributed by atoms with Gasteiger partial charge in [-0.25, -0.2) is 19.9 Å². The average Bonchev–Trinajstić information content (AvgIpc) is 3.16. The Morgan fingerprint density at radius 2 is 1.66 bits per heavy atom. The number of aromatic nitrogens is 4. The van der Waals surface area contributed by atoms with Crippen molar-refractivity contribution in [2.45, 2.75) is 6.42 Å². The maximum Gasteiger partial charge on any atom is 0.196 e. The molecule has 0 saturated carbocycles. The number of carbonyl (C=O) groups excluding carboxylic acids is 1.